The van der Waals surface area contributed by atoms with Gasteiger partial charge in [-0.2, -0.15) is 13.5 Å². The van der Waals surface area contributed by atoms with Crippen LogP contribution >= 0.6 is 13.5 Å². The number of carbonyl (C=O) groups is 1. The van der Waals surface area contributed by atoms with Gasteiger partial charge in [0.15, 0.2) is 14.9 Å². The van der Waals surface area contributed by atoms with Crippen molar-refractivity contribution >= 4 is 29.3 Å². The first-order chi connectivity index (χ1) is 13.9. The van der Waals surface area contributed by atoms with Crippen LogP contribution in [-0.2, 0) is 27.7 Å². The van der Waals surface area contributed by atoms with Gasteiger partial charge in [-0.05, 0) is 60.3 Å². The summed E-state index contributed by atoms with van der Waals surface area (Å²) < 4.78 is 31.1. The number of aromatic nitrogens is 1. The van der Waals surface area contributed by atoms with Crippen LogP contribution in [0.3, 0.4) is 0 Å². The molecule has 172 valence electrons. The highest BCUT2D eigenvalue weighted by atomic mass is 32.2. The molecule has 0 aliphatic carbocycles. The van der Waals surface area contributed by atoms with Crippen molar-refractivity contribution in [2.45, 2.75) is 57.5 Å². The molecule has 31 heavy (non-hydrogen) atoms. The quantitative estimate of drug-likeness (QED) is 0.662. The van der Waals surface area contributed by atoms with Gasteiger partial charge in [0.25, 0.3) is 5.91 Å². The molecule has 2 N–H and O–H groups in total. The lowest BCUT2D eigenvalue weighted by molar-refractivity contribution is -0.117. The van der Waals surface area contributed by atoms with Gasteiger partial charge in [0.05, 0.1) is 6.42 Å². The van der Waals surface area contributed by atoms with E-state index in [9.17, 15) is 13.4 Å². The van der Waals surface area contributed by atoms with E-state index in [0.717, 1.165) is 11.1 Å². The number of pyridine rings is 1. The summed E-state index contributed by atoms with van der Waals surface area (Å²) in [7, 11) is 0.361. The molecule has 0 saturated carbocycles. The standard InChI is InChI=1S/C22H31FN4O2S.H2S/c1-14(2)17-8-9-19(23)22(15(3)4)18(17)11-20(28)26-30(24,29)21-10-7-16(12-25-21)13-27(5)6;/h7-10,12,14-15H,11,13H2,1-6H3,(H2,24,26,28,29);1H2. The topological polar surface area (TPSA) is 88.7 Å². The largest absolute Gasteiger partial charge is 0.305 e. The molecule has 1 unspecified atom stereocenters. The molecule has 0 spiro atoms. The summed E-state index contributed by atoms with van der Waals surface area (Å²) in [5.74, 6) is -1.03. The maximum absolute atomic E-state index is 14.5. The molecule has 1 atom stereocenters. The van der Waals surface area contributed by atoms with Crippen LogP contribution in [0.4, 0.5) is 4.39 Å². The average molecular weight is 469 g/mol. The predicted octanol–water partition coefficient (Wildman–Crippen LogP) is 4.11. The van der Waals surface area contributed by atoms with Crippen molar-refractivity contribution in [3.8, 4) is 0 Å². The van der Waals surface area contributed by atoms with Gasteiger partial charge in [-0.1, -0.05) is 39.8 Å². The van der Waals surface area contributed by atoms with Crippen molar-refractivity contribution in [3.63, 3.8) is 0 Å². The van der Waals surface area contributed by atoms with Crippen LogP contribution in [0.25, 0.3) is 0 Å². The predicted molar refractivity (Wildman–Crippen MR) is 128 cm³/mol. The van der Waals surface area contributed by atoms with Crippen molar-refractivity contribution in [1.29, 1.82) is 0 Å². The van der Waals surface area contributed by atoms with Crippen molar-refractivity contribution in [2.75, 3.05) is 14.1 Å². The Morgan fingerprint density at radius 3 is 2.29 bits per heavy atom. The van der Waals surface area contributed by atoms with Gasteiger partial charge in [-0.3, -0.25) is 4.79 Å². The maximum atomic E-state index is 14.5. The van der Waals surface area contributed by atoms with Crippen LogP contribution in [0.15, 0.2) is 39.9 Å². The van der Waals surface area contributed by atoms with E-state index in [4.69, 9.17) is 5.14 Å². The van der Waals surface area contributed by atoms with Crippen molar-refractivity contribution in [3.05, 3.63) is 58.5 Å². The van der Waals surface area contributed by atoms with Gasteiger partial charge in [-0.25, -0.2) is 18.7 Å². The third-order valence-electron chi connectivity index (χ3n) is 4.70. The van der Waals surface area contributed by atoms with E-state index in [1.165, 1.54) is 12.1 Å². The lowest BCUT2D eigenvalue weighted by Crippen LogP contribution is -2.18. The lowest BCUT2D eigenvalue weighted by atomic mass is 9.86. The van der Waals surface area contributed by atoms with Crippen molar-refractivity contribution < 1.29 is 13.4 Å². The Bertz CT molecular complexity index is 1030. The summed E-state index contributed by atoms with van der Waals surface area (Å²) in [6, 6.07) is 6.41. The molecular weight excluding hydrogens is 435 g/mol. The van der Waals surface area contributed by atoms with E-state index in [-0.39, 0.29) is 42.6 Å². The van der Waals surface area contributed by atoms with E-state index in [2.05, 4.69) is 9.35 Å². The average Bonchev–Trinajstić information content (AvgIpc) is 2.60. The Morgan fingerprint density at radius 2 is 1.81 bits per heavy atom. The second kappa shape index (κ2) is 11.2. The molecule has 2 aromatic rings. The van der Waals surface area contributed by atoms with Gasteiger partial charge >= 0.3 is 0 Å². The van der Waals surface area contributed by atoms with E-state index in [1.54, 1.807) is 18.3 Å². The van der Waals surface area contributed by atoms with Crippen LogP contribution in [0.2, 0.25) is 0 Å². The Hall–Kier alpha value is -1.81. The molecule has 1 amide bonds. The fourth-order valence-electron chi connectivity index (χ4n) is 3.44. The van der Waals surface area contributed by atoms with E-state index in [1.807, 2.05) is 46.7 Å². The smallest absolute Gasteiger partial charge is 0.259 e. The second-order valence-electron chi connectivity index (χ2n) is 8.31. The molecule has 0 saturated heterocycles. The van der Waals surface area contributed by atoms with Gasteiger partial charge in [0.2, 0.25) is 0 Å². The van der Waals surface area contributed by atoms with Crippen LogP contribution in [0.5, 0.6) is 0 Å². The fraction of sp³-hybridized carbons (Fsp3) is 0.455. The molecule has 1 aromatic carbocycles. The van der Waals surface area contributed by atoms with Crippen LogP contribution in [0.1, 0.15) is 61.8 Å². The first kappa shape index (κ1) is 27.2. The summed E-state index contributed by atoms with van der Waals surface area (Å²) >= 11 is 0. The summed E-state index contributed by atoms with van der Waals surface area (Å²) in [5.41, 5.74) is 2.88. The Kier molecular flexibility index (Phi) is 9.81. The number of nitrogens with zero attached hydrogens (tertiary/aromatic N) is 3. The van der Waals surface area contributed by atoms with Crippen LogP contribution in [-0.4, -0.2) is 34.1 Å². The minimum absolute atomic E-state index is 0. The fourth-order valence-corrected chi connectivity index (χ4v) is 4.37. The Morgan fingerprint density at radius 1 is 1.16 bits per heavy atom. The molecule has 9 heteroatoms. The van der Waals surface area contributed by atoms with Crippen molar-refractivity contribution in [1.82, 2.24) is 9.88 Å². The number of rotatable bonds is 7. The van der Waals surface area contributed by atoms with Gasteiger partial charge in [0, 0.05) is 12.7 Å². The second-order valence-corrected chi connectivity index (χ2v) is 10.0. The molecule has 1 aromatic heterocycles. The molecule has 1 heterocycles. The number of hydrogen-bond donors (Lipinski definition) is 1. The summed E-state index contributed by atoms with van der Waals surface area (Å²) in [6.07, 6.45) is 1.41. The number of nitrogens with two attached hydrogens (primary N) is 1. The lowest BCUT2D eigenvalue weighted by Gasteiger charge is -2.19. The molecule has 0 radical (unpaired) electrons. The highest BCUT2D eigenvalue weighted by molar-refractivity contribution is 7.91. The zero-order chi connectivity index (χ0) is 22.6. The minimum atomic E-state index is -3.49. The summed E-state index contributed by atoms with van der Waals surface area (Å²) in [6.45, 7) is 8.38. The minimum Gasteiger partial charge on any atom is -0.305 e. The molecule has 0 aliphatic heterocycles. The maximum Gasteiger partial charge on any atom is 0.259 e. The van der Waals surface area contributed by atoms with E-state index >= 15 is 0 Å². The number of halogens is 1. The Balaban J connectivity index is 0.00000480. The zero-order valence-corrected chi connectivity index (χ0v) is 20.8. The van der Waals surface area contributed by atoms with E-state index in [0.29, 0.717) is 17.7 Å². The van der Waals surface area contributed by atoms with Gasteiger partial charge in [0.1, 0.15) is 5.82 Å². The normalized spacial score (nSPS) is 13.3. The van der Waals surface area contributed by atoms with Crippen LogP contribution in [0, 0.1) is 5.82 Å². The highest BCUT2D eigenvalue weighted by Gasteiger charge is 2.21. The summed E-state index contributed by atoms with van der Waals surface area (Å²) in [5, 5.41) is 5.91. The first-order valence-electron chi connectivity index (χ1n) is 9.91. The number of carbonyl (C=O) groups excluding carboxylic acids is 1. The number of hydrogen-bond acceptors (Lipinski definition) is 4. The third-order valence-corrected chi connectivity index (χ3v) is 6.02. The SMILES string of the molecule is CC(C)c1ccc(F)c(C(C)C)c1CC(=O)N=S(N)(=O)c1ccc(CN(C)C)cn1.S. The van der Waals surface area contributed by atoms with Crippen LogP contribution < -0.4 is 5.14 Å². The highest BCUT2D eigenvalue weighted by Crippen LogP contribution is 2.30. The summed E-state index contributed by atoms with van der Waals surface area (Å²) in [4.78, 5) is 18.8. The monoisotopic (exact) mass is 468 g/mol. The molecule has 0 fully saturated rings. The molecule has 6 nitrogen and oxygen atoms in total. The van der Waals surface area contributed by atoms with Gasteiger partial charge < -0.3 is 4.90 Å². The Labute approximate surface area is 192 Å². The molecule has 0 bridgehead atoms. The molecule has 2 rings (SSSR count). The third kappa shape index (κ3) is 7.10. The van der Waals surface area contributed by atoms with E-state index < -0.39 is 15.8 Å². The first-order valence-corrected chi connectivity index (χ1v) is 11.5. The number of amides is 1. The number of benzene rings is 1. The molecule has 0 aliphatic rings. The van der Waals surface area contributed by atoms with Crippen molar-refractivity contribution in [2.24, 2.45) is 9.50 Å². The van der Waals surface area contributed by atoms with Gasteiger partial charge in [-0.15, -0.1) is 4.36 Å². The zero-order valence-electron chi connectivity index (χ0n) is 19.0. The molecular formula is C22H33FN4O2S2.